The molecule has 0 saturated carbocycles. The minimum Gasteiger partial charge on any atom is -0.444 e. The van der Waals surface area contributed by atoms with Crippen LogP contribution in [0.4, 0.5) is 10.6 Å². The molecule has 0 radical (unpaired) electrons. The second-order valence-electron chi connectivity index (χ2n) is 7.03. The van der Waals surface area contributed by atoms with Crippen LogP contribution in [-0.2, 0) is 4.74 Å². The lowest BCUT2D eigenvalue weighted by molar-refractivity contribution is 0.0509. The van der Waals surface area contributed by atoms with Gasteiger partial charge in [0.15, 0.2) is 0 Å². The number of carbonyl (C=O) groups is 1. The van der Waals surface area contributed by atoms with Gasteiger partial charge in [-0.25, -0.2) is 14.8 Å². The van der Waals surface area contributed by atoms with E-state index in [1.807, 2.05) is 26.8 Å². The first kappa shape index (κ1) is 16.5. The Bertz CT molecular complexity index is 525. The average Bonchev–Trinajstić information content (AvgIpc) is 2.85. The molecule has 1 fully saturated rings. The maximum Gasteiger partial charge on any atom is 0.407 e. The van der Waals surface area contributed by atoms with E-state index < -0.39 is 5.60 Å². The van der Waals surface area contributed by atoms with Gasteiger partial charge in [-0.2, -0.15) is 0 Å². The Kier molecular flexibility index (Phi) is 4.88. The number of anilines is 1. The van der Waals surface area contributed by atoms with E-state index in [1.54, 1.807) is 6.33 Å². The van der Waals surface area contributed by atoms with Crippen LogP contribution in [0.1, 0.15) is 52.7 Å². The number of aromatic nitrogens is 2. The molecule has 0 bridgehead atoms. The first-order valence-corrected chi connectivity index (χ1v) is 7.81. The largest absolute Gasteiger partial charge is 0.444 e. The molecule has 22 heavy (non-hydrogen) atoms. The van der Waals surface area contributed by atoms with Crippen LogP contribution in [0, 0.1) is 0 Å². The van der Waals surface area contributed by atoms with Crippen LogP contribution in [0.5, 0.6) is 0 Å². The standard InChI is InChI=1S/C16H26N4O2/c1-11(2)13-8-14(18-10-17-13)20-7-6-12(9-20)19-15(21)22-16(3,4)5/h8,10-12H,6-7,9H2,1-5H3,(H,19,21). The fraction of sp³-hybridized carbons (Fsp3) is 0.688. The summed E-state index contributed by atoms with van der Waals surface area (Å²) >= 11 is 0. The fourth-order valence-electron chi connectivity index (χ4n) is 2.41. The molecule has 6 heteroatoms. The van der Waals surface area contributed by atoms with Gasteiger partial charge in [0.2, 0.25) is 0 Å². The second kappa shape index (κ2) is 6.50. The summed E-state index contributed by atoms with van der Waals surface area (Å²) < 4.78 is 5.30. The molecule has 0 aromatic carbocycles. The van der Waals surface area contributed by atoms with E-state index in [9.17, 15) is 4.79 Å². The van der Waals surface area contributed by atoms with Gasteiger partial charge >= 0.3 is 6.09 Å². The van der Waals surface area contributed by atoms with Crippen molar-refractivity contribution >= 4 is 11.9 Å². The molecule has 0 aliphatic carbocycles. The molecule has 1 aromatic rings. The van der Waals surface area contributed by atoms with Gasteiger partial charge in [0.25, 0.3) is 0 Å². The van der Waals surface area contributed by atoms with Gasteiger partial charge in [-0.3, -0.25) is 0 Å². The highest BCUT2D eigenvalue weighted by Gasteiger charge is 2.27. The van der Waals surface area contributed by atoms with E-state index in [0.29, 0.717) is 5.92 Å². The van der Waals surface area contributed by atoms with E-state index >= 15 is 0 Å². The quantitative estimate of drug-likeness (QED) is 0.930. The minimum atomic E-state index is -0.471. The van der Waals surface area contributed by atoms with Gasteiger partial charge in [0, 0.05) is 24.8 Å². The Morgan fingerprint density at radius 2 is 2.14 bits per heavy atom. The van der Waals surface area contributed by atoms with Crippen molar-refractivity contribution in [1.82, 2.24) is 15.3 Å². The highest BCUT2D eigenvalue weighted by molar-refractivity contribution is 5.68. The predicted molar refractivity (Wildman–Crippen MR) is 86.1 cm³/mol. The van der Waals surface area contributed by atoms with Gasteiger partial charge < -0.3 is 15.0 Å². The van der Waals surface area contributed by atoms with Crippen molar-refractivity contribution in [2.45, 2.75) is 58.6 Å². The van der Waals surface area contributed by atoms with E-state index in [0.717, 1.165) is 31.0 Å². The number of nitrogens with one attached hydrogen (secondary N) is 1. The van der Waals surface area contributed by atoms with Crippen LogP contribution in [0.15, 0.2) is 12.4 Å². The van der Waals surface area contributed by atoms with Crippen molar-refractivity contribution in [2.75, 3.05) is 18.0 Å². The Morgan fingerprint density at radius 1 is 1.41 bits per heavy atom. The lowest BCUT2D eigenvalue weighted by atomic mass is 10.1. The lowest BCUT2D eigenvalue weighted by Gasteiger charge is -2.22. The summed E-state index contributed by atoms with van der Waals surface area (Å²) in [6.07, 6.45) is 2.14. The molecule has 1 unspecified atom stereocenters. The zero-order chi connectivity index (χ0) is 16.3. The molecule has 0 spiro atoms. The Hall–Kier alpha value is -1.85. The maximum atomic E-state index is 11.8. The summed E-state index contributed by atoms with van der Waals surface area (Å²) in [6.45, 7) is 11.4. The third kappa shape index (κ3) is 4.58. The summed E-state index contributed by atoms with van der Waals surface area (Å²) in [6, 6.07) is 2.12. The normalized spacial score (nSPS) is 18.6. The maximum absolute atomic E-state index is 11.8. The van der Waals surface area contributed by atoms with Crippen LogP contribution in [0.3, 0.4) is 0 Å². The second-order valence-corrected chi connectivity index (χ2v) is 7.03. The number of alkyl carbamates (subject to hydrolysis) is 1. The van der Waals surface area contributed by atoms with Crippen molar-refractivity contribution in [2.24, 2.45) is 0 Å². The van der Waals surface area contributed by atoms with Gasteiger partial charge in [0.1, 0.15) is 17.7 Å². The van der Waals surface area contributed by atoms with Crippen LogP contribution >= 0.6 is 0 Å². The summed E-state index contributed by atoms with van der Waals surface area (Å²) in [4.78, 5) is 22.6. The Balaban J connectivity index is 1.93. The third-order valence-corrected chi connectivity index (χ3v) is 3.50. The van der Waals surface area contributed by atoms with Gasteiger partial charge in [-0.05, 0) is 33.1 Å². The van der Waals surface area contributed by atoms with Gasteiger partial charge in [-0.1, -0.05) is 13.8 Å². The molecule has 1 N–H and O–H groups in total. The van der Waals surface area contributed by atoms with Crippen LogP contribution in [0.25, 0.3) is 0 Å². The minimum absolute atomic E-state index is 0.0901. The highest BCUT2D eigenvalue weighted by Crippen LogP contribution is 2.21. The number of nitrogens with zero attached hydrogens (tertiary/aromatic N) is 3. The first-order valence-electron chi connectivity index (χ1n) is 7.81. The molecule has 1 saturated heterocycles. The molecule has 2 heterocycles. The SMILES string of the molecule is CC(C)c1cc(N2CCC(NC(=O)OC(C)(C)C)C2)ncn1. The molecular formula is C16H26N4O2. The smallest absolute Gasteiger partial charge is 0.407 e. The summed E-state index contributed by atoms with van der Waals surface area (Å²) in [5.74, 6) is 1.30. The zero-order valence-electron chi connectivity index (χ0n) is 14.1. The van der Waals surface area contributed by atoms with E-state index in [-0.39, 0.29) is 12.1 Å². The number of hydrogen-bond acceptors (Lipinski definition) is 5. The molecule has 1 aliphatic rings. The van der Waals surface area contributed by atoms with Crippen LogP contribution < -0.4 is 10.2 Å². The van der Waals surface area contributed by atoms with Crippen LogP contribution in [-0.4, -0.2) is 40.8 Å². The predicted octanol–water partition coefficient (Wildman–Crippen LogP) is 2.70. The number of rotatable bonds is 3. The topological polar surface area (TPSA) is 67.4 Å². The molecule has 122 valence electrons. The molecule has 1 aromatic heterocycles. The number of amides is 1. The third-order valence-electron chi connectivity index (χ3n) is 3.50. The van der Waals surface area contributed by atoms with Gasteiger partial charge in [0.05, 0.1) is 6.04 Å². The van der Waals surface area contributed by atoms with E-state index in [4.69, 9.17) is 4.74 Å². The Morgan fingerprint density at radius 3 is 2.77 bits per heavy atom. The van der Waals surface area contributed by atoms with Crippen molar-refractivity contribution in [3.05, 3.63) is 18.1 Å². The van der Waals surface area contributed by atoms with Crippen LogP contribution in [0.2, 0.25) is 0 Å². The molecule has 2 rings (SSSR count). The number of ether oxygens (including phenoxy) is 1. The molecular weight excluding hydrogens is 280 g/mol. The Labute approximate surface area is 132 Å². The number of carbonyl (C=O) groups excluding carboxylic acids is 1. The van der Waals surface area contributed by atoms with E-state index in [2.05, 4.69) is 34.0 Å². The lowest BCUT2D eigenvalue weighted by Crippen LogP contribution is -2.40. The van der Waals surface area contributed by atoms with Crippen molar-refractivity contribution in [3.8, 4) is 0 Å². The molecule has 1 amide bonds. The first-order chi connectivity index (χ1) is 10.2. The van der Waals surface area contributed by atoms with Gasteiger partial charge in [-0.15, -0.1) is 0 Å². The summed E-state index contributed by atoms with van der Waals surface area (Å²) in [5.41, 5.74) is 0.565. The molecule has 1 atom stereocenters. The zero-order valence-corrected chi connectivity index (χ0v) is 14.1. The molecule has 1 aliphatic heterocycles. The van der Waals surface area contributed by atoms with E-state index in [1.165, 1.54) is 0 Å². The fourth-order valence-corrected chi connectivity index (χ4v) is 2.41. The highest BCUT2D eigenvalue weighted by atomic mass is 16.6. The average molecular weight is 306 g/mol. The molecule has 6 nitrogen and oxygen atoms in total. The number of hydrogen-bond donors (Lipinski definition) is 1. The summed E-state index contributed by atoms with van der Waals surface area (Å²) in [5, 5.41) is 2.93. The van der Waals surface area contributed by atoms with Crippen molar-refractivity contribution in [1.29, 1.82) is 0 Å². The van der Waals surface area contributed by atoms with Crippen molar-refractivity contribution in [3.63, 3.8) is 0 Å². The monoisotopic (exact) mass is 306 g/mol. The van der Waals surface area contributed by atoms with Crippen molar-refractivity contribution < 1.29 is 9.53 Å². The summed E-state index contributed by atoms with van der Waals surface area (Å²) in [7, 11) is 0.